The minimum atomic E-state index is 0.663. The van der Waals surface area contributed by atoms with Gasteiger partial charge < -0.3 is 8.83 Å². The van der Waals surface area contributed by atoms with E-state index in [1.54, 1.807) is 0 Å². The number of para-hydroxylation sites is 1. The summed E-state index contributed by atoms with van der Waals surface area (Å²) in [6.45, 7) is 0. The van der Waals surface area contributed by atoms with Gasteiger partial charge in [-0.2, -0.15) is 0 Å². The highest BCUT2D eigenvalue weighted by Gasteiger charge is 2.21. The van der Waals surface area contributed by atoms with Crippen molar-refractivity contribution in [3.8, 4) is 33.8 Å². The Hall–Kier alpha value is -6.00. The summed E-state index contributed by atoms with van der Waals surface area (Å²) in [5.41, 5.74) is 9.13. The van der Waals surface area contributed by atoms with E-state index in [1.165, 1.54) is 32.3 Å². The first-order valence-electron chi connectivity index (χ1n) is 14.8. The number of hydrogen-bond acceptors (Lipinski definition) is 4. The van der Waals surface area contributed by atoms with Crippen molar-refractivity contribution in [2.24, 2.45) is 0 Å². The standard InChI is InChI=1S/C40H22N2O2/c1-2-10-23(11-3-1)37-39-38(30-16-6-7-18-31(30)44-39)42-40(41-37)25-13-8-12-24(22-25)26-20-21-33-36-34(26)28-15-5-4-14-27(28)29-17-9-19-32(43-33)35(29)36/h1-22H. The van der Waals surface area contributed by atoms with Crippen molar-refractivity contribution >= 4 is 65.6 Å². The van der Waals surface area contributed by atoms with Crippen LogP contribution in [0.25, 0.3) is 99.3 Å². The van der Waals surface area contributed by atoms with Crippen molar-refractivity contribution in [2.45, 2.75) is 0 Å². The number of nitrogens with zero attached hydrogens (tertiary/aromatic N) is 2. The molecule has 0 atom stereocenters. The van der Waals surface area contributed by atoms with E-state index in [4.69, 9.17) is 18.8 Å². The van der Waals surface area contributed by atoms with Gasteiger partial charge in [-0.05, 0) is 57.6 Å². The maximum Gasteiger partial charge on any atom is 0.180 e. The fourth-order valence-electron chi connectivity index (χ4n) is 6.93. The molecule has 0 saturated heterocycles. The second-order valence-electron chi connectivity index (χ2n) is 11.3. The Morgan fingerprint density at radius 2 is 1.07 bits per heavy atom. The number of rotatable bonds is 3. The fourth-order valence-corrected chi connectivity index (χ4v) is 6.93. The summed E-state index contributed by atoms with van der Waals surface area (Å²) in [6, 6.07) is 46.1. The van der Waals surface area contributed by atoms with Crippen molar-refractivity contribution < 1.29 is 8.83 Å². The minimum Gasteiger partial charge on any atom is -0.456 e. The summed E-state index contributed by atoms with van der Waals surface area (Å²) in [6.07, 6.45) is 0. The Balaban J connectivity index is 1.25. The second-order valence-corrected chi connectivity index (χ2v) is 11.3. The molecule has 0 aliphatic heterocycles. The Kier molecular flexibility index (Phi) is 4.69. The van der Waals surface area contributed by atoms with E-state index >= 15 is 0 Å². The summed E-state index contributed by atoms with van der Waals surface area (Å²) < 4.78 is 12.7. The largest absolute Gasteiger partial charge is 0.456 e. The number of furan rings is 2. The van der Waals surface area contributed by atoms with Crippen LogP contribution in [0.5, 0.6) is 0 Å². The normalized spacial score (nSPS) is 12.1. The van der Waals surface area contributed by atoms with E-state index in [9.17, 15) is 0 Å². The maximum atomic E-state index is 6.36. The number of benzene rings is 7. The van der Waals surface area contributed by atoms with Crippen LogP contribution < -0.4 is 0 Å². The molecule has 4 heteroatoms. The molecule has 0 fully saturated rings. The van der Waals surface area contributed by atoms with Crippen molar-refractivity contribution in [2.75, 3.05) is 0 Å². The van der Waals surface area contributed by atoms with Crippen LogP contribution in [-0.4, -0.2) is 9.97 Å². The van der Waals surface area contributed by atoms with Crippen LogP contribution in [0.4, 0.5) is 0 Å². The first-order valence-corrected chi connectivity index (χ1v) is 14.8. The molecule has 7 aromatic carbocycles. The van der Waals surface area contributed by atoms with E-state index in [2.05, 4.69) is 97.1 Å². The quantitative estimate of drug-likeness (QED) is 0.201. The maximum absolute atomic E-state index is 6.36. The Labute approximate surface area is 251 Å². The molecule has 0 radical (unpaired) electrons. The molecule has 0 aliphatic carbocycles. The van der Waals surface area contributed by atoms with Gasteiger partial charge in [-0.1, -0.05) is 103 Å². The van der Waals surface area contributed by atoms with E-state index in [0.717, 1.165) is 55.6 Å². The minimum absolute atomic E-state index is 0.663. The van der Waals surface area contributed by atoms with Crippen LogP contribution >= 0.6 is 0 Å². The zero-order chi connectivity index (χ0) is 28.8. The lowest BCUT2D eigenvalue weighted by molar-refractivity contribution is 0.667. The Morgan fingerprint density at radius 1 is 0.409 bits per heavy atom. The predicted octanol–water partition coefficient (Wildman–Crippen LogP) is 11.0. The van der Waals surface area contributed by atoms with Crippen LogP contribution in [0.3, 0.4) is 0 Å². The van der Waals surface area contributed by atoms with Gasteiger partial charge in [0.25, 0.3) is 0 Å². The van der Waals surface area contributed by atoms with Gasteiger partial charge in [-0.25, -0.2) is 9.97 Å². The molecule has 3 aromatic heterocycles. The molecule has 204 valence electrons. The molecule has 0 N–H and O–H groups in total. The topological polar surface area (TPSA) is 52.1 Å². The third-order valence-electron chi connectivity index (χ3n) is 8.85. The summed E-state index contributed by atoms with van der Waals surface area (Å²) in [4.78, 5) is 10.2. The summed E-state index contributed by atoms with van der Waals surface area (Å²) >= 11 is 0. The Bertz CT molecular complexity index is 2720. The van der Waals surface area contributed by atoms with E-state index in [0.29, 0.717) is 11.4 Å². The van der Waals surface area contributed by atoms with E-state index in [1.807, 2.05) is 36.4 Å². The zero-order valence-corrected chi connectivity index (χ0v) is 23.4. The molecule has 0 saturated carbocycles. The highest BCUT2D eigenvalue weighted by Crippen LogP contribution is 2.46. The van der Waals surface area contributed by atoms with E-state index in [-0.39, 0.29) is 0 Å². The predicted molar refractivity (Wildman–Crippen MR) is 179 cm³/mol. The molecule has 10 aromatic rings. The van der Waals surface area contributed by atoms with Gasteiger partial charge in [-0.15, -0.1) is 0 Å². The van der Waals surface area contributed by atoms with Gasteiger partial charge in [0.1, 0.15) is 28.0 Å². The number of hydrogen-bond donors (Lipinski definition) is 0. The lowest BCUT2D eigenvalue weighted by Gasteiger charge is -2.13. The summed E-state index contributed by atoms with van der Waals surface area (Å²) in [5, 5.41) is 8.20. The Morgan fingerprint density at radius 3 is 1.98 bits per heavy atom. The molecular formula is C40H22N2O2. The molecule has 3 heterocycles. The van der Waals surface area contributed by atoms with Crippen molar-refractivity contribution in [3.05, 3.63) is 133 Å². The highest BCUT2D eigenvalue weighted by molar-refractivity contribution is 6.35. The fraction of sp³-hybridized carbons (Fsp3) is 0. The first-order chi connectivity index (χ1) is 21.8. The van der Waals surface area contributed by atoms with Crippen LogP contribution in [0.15, 0.2) is 142 Å². The van der Waals surface area contributed by atoms with Crippen LogP contribution in [0.1, 0.15) is 0 Å². The SMILES string of the molecule is c1ccc(-c2nc(-c3cccc(-c4ccc5oc6cccc7c8ccccc8c4c5c67)c3)nc3c2oc2ccccc23)cc1. The highest BCUT2D eigenvalue weighted by atomic mass is 16.3. The van der Waals surface area contributed by atoms with Crippen molar-refractivity contribution in [3.63, 3.8) is 0 Å². The number of fused-ring (bicyclic) bond motifs is 6. The van der Waals surface area contributed by atoms with Gasteiger partial charge in [0, 0.05) is 32.7 Å². The molecule has 0 amide bonds. The lowest BCUT2D eigenvalue weighted by Crippen LogP contribution is -1.94. The zero-order valence-electron chi connectivity index (χ0n) is 23.4. The number of aromatic nitrogens is 2. The van der Waals surface area contributed by atoms with E-state index < -0.39 is 0 Å². The monoisotopic (exact) mass is 562 g/mol. The second kappa shape index (κ2) is 8.76. The molecule has 10 rings (SSSR count). The lowest BCUT2D eigenvalue weighted by atomic mass is 9.89. The van der Waals surface area contributed by atoms with Crippen molar-refractivity contribution in [1.29, 1.82) is 0 Å². The average molecular weight is 563 g/mol. The van der Waals surface area contributed by atoms with Gasteiger partial charge >= 0.3 is 0 Å². The van der Waals surface area contributed by atoms with Crippen molar-refractivity contribution in [1.82, 2.24) is 9.97 Å². The van der Waals surface area contributed by atoms with Crippen LogP contribution in [-0.2, 0) is 0 Å². The van der Waals surface area contributed by atoms with Gasteiger partial charge in [0.2, 0.25) is 0 Å². The first kappa shape index (κ1) is 23.6. The smallest absolute Gasteiger partial charge is 0.180 e. The molecular weight excluding hydrogens is 540 g/mol. The average Bonchev–Trinajstić information content (AvgIpc) is 3.67. The summed E-state index contributed by atoms with van der Waals surface area (Å²) in [5.74, 6) is 0.663. The molecule has 0 spiro atoms. The molecule has 0 bridgehead atoms. The van der Waals surface area contributed by atoms with Gasteiger partial charge in [0.05, 0.1) is 0 Å². The summed E-state index contributed by atoms with van der Waals surface area (Å²) in [7, 11) is 0. The van der Waals surface area contributed by atoms with Gasteiger partial charge in [0.15, 0.2) is 11.4 Å². The van der Waals surface area contributed by atoms with Crippen LogP contribution in [0.2, 0.25) is 0 Å². The molecule has 0 unspecified atom stereocenters. The van der Waals surface area contributed by atoms with Crippen LogP contribution in [0, 0.1) is 0 Å². The third kappa shape index (κ3) is 3.22. The molecule has 4 nitrogen and oxygen atoms in total. The molecule has 44 heavy (non-hydrogen) atoms. The molecule has 0 aliphatic rings. The van der Waals surface area contributed by atoms with Gasteiger partial charge in [-0.3, -0.25) is 0 Å². The third-order valence-corrected chi connectivity index (χ3v) is 8.85.